The summed E-state index contributed by atoms with van der Waals surface area (Å²) in [6.07, 6.45) is 4.30. The van der Waals surface area contributed by atoms with E-state index in [2.05, 4.69) is 18.7 Å². The van der Waals surface area contributed by atoms with E-state index in [-0.39, 0.29) is 11.7 Å². The number of hydrogen-bond donors (Lipinski definition) is 1. The van der Waals surface area contributed by atoms with Crippen LogP contribution in [0.5, 0.6) is 0 Å². The fourth-order valence-corrected chi connectivity index (χ4v) is 2.92. The topological polar surface area (TPSA) is 47.7 Å². The molecule has 0 spiro atoms. The van der Waals surface area contributed by atoms with Crippen LogP contribution in [0, 0.1) is 0 Å². The average Bonchev–Trinajstić information content (AvgIpc) is 2.28. The molecule has 2 fully saturated rings. The summed E-state index contributed by atoms with van der Waals surface area (Å²) in [5.41, 5.74) is 5.65. The molecule has 100 valence electrons. The lowest BCUT2D eigenvalue weighted by Gasteiger charge is -2.43. The lowest BCUT2D eigenvalue weighted by atomic mass is 10.0. The number of hydrogen-bond acceptors (Lipinski definition) is 4. The van der Waals surface area contributed by atoms with Crippen LogP contribution in [0.4, 0.5) is 0 Å². The fourth-order valence-electron chi connectivity index (χ4n) is 2.92. The number of morpholine rings is 1. The summed E-state index contributed by atoms with van der Waals surface area (Å²) >= 11 is 0. The molecule has 0 aliphatic carbocycles. The Morgan fingerprint density at radius 3 is 2.76 bits per heavy atom. The van der Waals surface area contributed by atoms with E-state index in [1.54, 1.807) is 0 Å². The van der Waals surface area contributed by atoms with E-state index in [1.807, 2.05) is 0 Å². The lowest BCUT2D eigenvalue weighted by Crippen LogP contribution is -2.56. The van der Waals surface area contributed by atoms with E-state index in [4.69, 9.17) is 15.2 Å². The molecular formula is C13H26N2O2. The summed E-state index contributed by atoms with van der Waals surface area (Å²) in [6, 6.07) is 0. The zero-order valence-corrected chi connectivity index (χ0v) is 11.2. The summed E-state index contributed by atoms with van der Waals surface area (Å²) < 4.78 is 11.7. The van der Waals surface area contributed by atoms with Gasteiger partial charge in [-0.1, -0.05) is 0 Å². The first-order valence-corrected chi connectivity index (χ1v) is 6.81. The van der Waals surface area contributed by atoms with Crippen LogP contribution in [0.2, 0.25) is 0 Å². The minimum absolute atomic E-state index is 0.0864. The Labute approximate surface area is 104 Å². The van der Waals surface area contributed by atoms with Gasteiger partial charge in [0, 0.05) is 32.8 Å². The summed E-state index contributed by atoms with van der Waals surface area (Å²) in [7, 11) is 0. The van der Waals surface area contributed by atoms with Gasteiger partial charge in [-0.2, -0.15) is 0 Å². The molecule has 4 heteroatoms. The van der Waals surface area contributed by atoms with Crippen molar-refractivity contribution in [3.63, 3.8) is 0 Å². The second-order valence-electron chi connectivity index (χ2n) is 5.92. The van der Waals surface area contributed by atoms with Crippen molar-refractivity contribution in [2.45, 2.75) is 50.9 Å². The highest BCUT2D eigenvalue weighted by Crippen LogP contribution is 2.22. The molecule has 2 saturated heterocycles. The van der Waals surface area contributed by atoms with Gasteiger partial charge in [0.15, 0.2) is 0 Å². The molecule has 0 saturated carbocycles. The molecule has 2 aliphatic rings. The summed E-state index contributed by atoms with van der Waals surface area (Å²) in [4.78, 5) is 2.46. The number of nitrogens with zero attached hydrogens (tertiary/aromatic N) is 1. The zero-order chi connectivity index (χ0) is 12.3. The molecule has 2 atom stereocenters. The summed E-state index contributed by atoms with van der Waals surface area (Å²) in [5, 5.41) is 0. The Bertz CT molecular complexity index is 240. The van der Waals surface area contributed by atoms with Crippen molar-refractivity contribution in [1.82, 2.24) is 4.90 Å². The Kier molecular flexibility index (Phi) is 4.42. The third-order valence-corrected chi connectivity index (χ3v) is 3.55. The molecular weight excluding hydrogens is 216 g/mol. The van der Waals surface area contributed by atoms with Crippen molar-refractivity contribution >= 4 is 0 Å². The molecule has 0 bridgehead atoms. The molecule has 0 aromatic rings. The van der Waals surface area contributed by atoms with Crippen LogP contribution in [0.25, 0.3) is 0 Å². The molecule has 2 aliphatic heterocycles. The van der Waals surface area contributed by atoms with E-state index in [0.717, 1.165) is 26.2 Å². The standard InChI is InChI=1S/C13H26N2O2/c1-13(2)10-15(9-12(7-14)17-13)8-11-5-3-4-6-16-11/h11-12H,3-10,14H2,1-2H3. The van der Waals surface area contributed by atoms with Gasteiger partial charge in [0.1, 0.15) is 0 Å². The molecule has 2 unspecified atom stereocenters. The van der Waals surface area contributed by atoms with Crippen LogP contribution in [0.1, 0.15) is 33.1 Å². The minimum atomic E-state index is -0.0864. The molecule has 0 aromatic heterocycles. The summed E-state index contributed by atoms with van der Waals surface area (Å²) in [6.45, 7) is 8.77. The summed E-state index contributed by atoms with van der Waals surface area (Å²) in [5.74, 6) is 0. The smallest absolute Gasteiger partial charge is 0.0831 e. The van der Waals surface area contributed by atoms with Gasteiger partial charge >= 0.3 is 0 Å². The van der Waals surface area contributed by atoms with Crippen LogP contribution < -0.4 is 5.73 Å². The van der Waals surface area contributed by atoms with E-state index < -0.39 is 0 Å². The van der Waals surface area contributed by atoms with Crippen molar-refractivity contribution in [3.05, 3.63) is 0 Å². The van der Waals surface area contributed by atoms with Crippen molar-refractivity contribution < 1.29 is 9.47 Å². The van der Waals surface area contributed by atoms with Gasteiger partial charge in [0.05, 0.1) is 17.8 Å². The molecule has 4 nitrogen and oxygen atoms in total. The van der Waals surface area contributed by atoms with Crippen LogP contribution in [-0.4, -0.2) is 55.5 Å². The highest BCUT2D eigenvalue weighted by atomic mass is 16.5. The number of rotatable bonds is 3. The largest absolute Gasteiger partial charge is 0.377 e. The quantitative estimate of drug-likeness (QED) is 0.802. The van der Waals surface area contributed by atoms with Crippen LogP contribution >= 0.6 is 0 Å². The van der Waals surface area contributed by atoms with Gasteiger partial charge in [-0.3, -0.25) is 4.90 Å². The van der Waals surface area contributed by atoms with Crippen LogP contribution in [0.15, 0.2) is 0 Å². The predicted octanol–water partition coefficient (Wildman–Crippen LogP) is 0.994. The second-order valence-corrected chi connectivity index (χ2v) is 5.92. The lowest BCUT2D eigenvalue weighted by molar-refractivity contribution is -0.141. The first-order chi connectivity index (χ1) is 8.09. The van der Waals surface area contributed by atoms with Crippen molar-refractivity contribution in [2.75, 3.05) is 32.8 Å². The van der Waals surface area contributed by atoms with Crippen LogP contribution in [0.3, 0.4) is 0 Å². The Hall–Kier alpha value is -0.160. The first-order valence-electron chi connectivity index (χ1n) is 6.81. The third kappa shape index (κ3) is 3.91. The molecule has 2 N–H and O–H groups in total. The van der Waals surface area contributed by atoms with Crippen molar-refractivity contribution in [3.8, 4) is 0 Å². The maximum atomic E-state index is 5.93. The Balaban J connectivity index is 1.86. The fraction of sp³-hybridized carbons (Fsp3) is 1.00. The monoisotopic (exact) mass is 242 g/mol. The van der Waals surface area contributed by atoms with E-state index in [9.17, 15) is 0 Å². The second kappa shape index (κ2) is 5.65. The van der Waals surface area contributed by atoms with Gasteiger partial charge in [-0.15, -0.1) is 0 Å². The SMILES string of the molecule is CC1(C)CN(CC2CCCCO2)CC(CN)O1. The van der Waals surface area contributed by atoms with E-state index in [1.165, 1.54) is 19.3 Å². The van der Waals surface area contributed by atoms with E-state index >= 15 is 0 Å². The Morgan fingerprint density at radius 2 is 2.12 bits per heavy atom. The maximum absolute atomic E-state index is 5.93. The van der Waals surface area contributed by atoms with Crippen LogP contribution in [-0.2, 0) is 9.47 Å². The predicted molar refractivity (Wildman–Crippen MR) is 68.0 cm³/mol. The molecule has 0 amide bonds. The molecule has 2 heterocycles. The molecule has 0 aromatic carbocycles. The highest BCUT2D eigenvalue weighted by molar-refractivity contribution is 4.86. The Morgan fingerprint density at radius 1 is 1.29 bits per heavy atom. The van der Waals surface area contributed by atoms with E-state index in [0.29, 0.717) is 12.6 Å². The van der Waals surface area contributed by atoms with Crippen molar-refractivity contribution in [2.24, 2.45) is 5.73 Å². The van der Waals surface area contributed by atoms with Gasteiger partial charge in [-0.05, 0) is 33.1 Å². The molecule has 2 rings (SSSR count). The number of ether oxygens (including phenoxy) is 2. The minimum Gasteiger partial charge on any atom is -0.377 e. The van der Waals surface area contributed by atoms with Gasteiger partial charge in [-0.25, -0.2) is 0 Å². The van der Waals surface area contributed by atoms with Gasteiger partial charge < -0.3 is 15.2 Å². The molecule has 0 radical (unpaired) electrons. The maximum Gasteiger partial charge on any atom is 0.0831 e. The molecule has 17 heavy (non-hydrogen) atoms. The first kappa shape index (κ1) is 13.3. The number of nitrogens with two attached hydrogens (primary N) is 1. The third-order valence-electron chi connectivity index (χ3n) is 3.55. The highest BCUT2D eigenvalue weighted by Gasteiger charge is 2.33. The normalized spacial score (nSPS) is 34.8. The van der Waals surface area contributed by atoms with Gasteiger partial charge in [0.2, 0.25) is 0 Å². The van der Waals surface area contributed by atoms with Crippen molar-refractivity contribution in [1.29, 1.82) is 0 Å². The van der Waals surface area contributed by atoms with Gasteiger partial charge in [0.25, 0.3) is 0 Å². The average molecular weight is 242 g/mol. The zero-order valence-electron chi connectivity index (χ0n) is 11.2.